The van der Waals surface area contributed by atoms with E-state index in [0.717, 1.165) is 25.7 Å². The summed E-state index contributed by atoms with van der Waals surface area (Å²) in [4.78, 5) is 64.1. The number of carbonyl (C=O) groups excluding carboxylic acids is 2. The predicted molar refractivity (Wildman–Crippen MR) is 226 cm³/mol. The van der Waals surface area contributed by atoms with Crippen LogP contribution in [0.3, 0.4) is 0 Å². The number of rotatable bonds is 15. The Labute approximate surface area is 354 Å². The van der Waals surface area contributed by atoms with E-state index in [1.54, 1.807) is 18.5 Å². The van der Waals surface area contributed by atoms with E-state index in [1.807, 2.05) is 46.2 Å². The number of aromatic nitrogens is 8. The third-order valence-corrected chi connectivity index (χ3v) is 10.0. The number of anilines is 8. The van der Waals surface area contributed by atoms with Crippen LogP contribution < -0.4 is 40.5 Å². The fourth-order valence-electron chi connectivity index (χ4n) is 6.85. The molecule has 18 nitrogen and oxygen atoms in total. The molecule has 2 aliphatic rings. The molecule has 20 heteroatoms. The number of hydrogen-bond donors (Lipinski definition) is 4. The van der Waals surface area contributed by atoms with Crippen molar-refractivity contribution in [3.63, 3.8) is 0 Å². The van der Waals surface area contributed by atoms with Crippen molar-refractivity contribution in [2.75, 3.05) is 57.2 Å². The predicted octanol–water partition coefficient (Wildman–Crippen LogP) is 6.07. The molecule has 0 saturated carbocycles. The molecular formula is C42H42F2N14O4. The molecule has 0 radical (unpaired) electrons. The molecule has 2 amide bonds. The quantitative estimate of drug-likeness (QED) is 0.0925. The molecule has 2 aromatic carbocycles. The molecule has 4 N–H and O–H groups in total. The molecule has 0 bridgehead atoms. The van der Waals surface area contributed by atoms with E-state index in [2.05, 4.69) is 61.1 Å². The lowest BCUT2D eigenvalue weighted by atomic mass is 10.1. The second kappa shape index (κ2) is 19.6. The molecule has 8 rings (SSSR count). The number of carbonyl (C=O) groups is 2. The van der Waals surface area contributed by atoms with E-state index in [9.17, 15) is 14.0 Å². The Morgan fingerprint density at radius 3 is 1.68 bits per heavy atom. The minimum absolute atomic E-state index is 0.00885. The van der Waals surface area contributed by atoms with Crippen LogP contribution in [0.25, 0.3) is 0 Å². The number of piperidine rings is 2. The van der Waals surface area contributed by atoms with Crippen molar-refractivity contribution in [1.29, 1.82) is 0 Å². The summed E-state index contributed by atoms with van der Waals surface area (Å²) in [6.45, 7) is 2.61. The zero-order valence-electron chi connectivity index (χ0n) is 33.3. The average Bonchev–Trinajstić information content (AvgIpc) is 3.29. The molecule has 2 aliphatic heterocycles. The first-order chi connectivity index (χ1) is 30.3. The molecule has 2 fully saturated rings. The highest BCUT2D eigenvalue weighted by Gasteiger charge is 2.25. The van der Waals surface area contributed by atoms with Gasteiger partial charge in [-0.2, -0.15) is 9.97 Å². The van der Waals surface area contributed by atoms with Gasteiger partial charge in [-0.15, -0.1) is 0 Å². The first kappa shape index (κ1) is 41.1. The summed E-state index contributed by atoms with van der Waals surface area (Å²) in [5.41, 5.74) is 0.193. The lowest BCUT2D eigenvalue weighted by Crippen LogP contribution is -2.39. The Balaban J connectivity index is 0.797. The van der Waals surface area contributed by atoms with Crippen LogP contribution in [0.5, 0.6) is 11.8 Å². The topological polar surface area (TPSA) is 210 Å². The fourth-order valence-corrected chi connectivity index (χ4v) is 6.85. The van der Waals surface area contributed by atoms with Crippen LogP contribution in [0, 0.1) is 11.6 Å². The van der Waals surface area contributed by atoms with Gasteiger partial charge < -0.3 is 40.5 Å². The third kappa shape index (κ3) is 10.9. The number of pyridine rings is 2. The van der Waals surface area contributed by atoms with Crippen LogP contribution in [0.1, 0.15) is 38.5 Å². The first-order valence-electron chi connectivity index (χ1n) is 20.1. The highest BCUT2D eigenvalue weighted by atomic mass is 19.1. The summed E-state index contributed by atoms with van der Waals surface area (Å²) in [5.74, 6) is -0.277. The van der Waals surface area contributed by atoms with Crippen molar-refractivity contribution in [3.8, 4) is 11.8 Å². The van der Waals surface area contributed by atoms with E-state index in [0.29, 0.717) is 55.5 Å². The highest BCUT2D eigenvalue weighted by Crippen LogP contribution is 2.27. The number of nitrogens with zero attached hydrogens (tertiary/aromatic N) is 10. The van der Waals surface area contributed by atoms with Crippen LogP contribution in [0.2, 0.25) is 0 Å². The second-order valence-corrected chi connectivity index (χ2v) is 14.4. The molecule has 6 aromatic rings. The third-order valence-electron chi connectivity index (χ3n) is 10.0. The Morgan fingerprint density at radius 2 is 1.13 bits per heavy atom. The number of halogens is 2. The molecule has 62 heavy (non-hydrogen) atoms. The van der Waals surface area contributed by atoms with Gasteiger partial charge >= 0.3 is 0 Å². The van der Waals surface area contributed by atoms with E-state index in [-0.39, 0.29) is 54.0 Å². The van der Waals surface area contributed by atoms with Crippen LogP contribution in [-0.4, -0.2) is 90.1 Å². The monoisotopic (exact) mass is 844 g/mol. The molecular weight excluding hydrogens is 803 g/mol. The molecule has 0 aliphatic carbocycles. The normalized spacial score (nSPS) is 14.5. The smallest absolute Gasteiger partial charge is 0.232 e. The summed E-state index contributed by atoms with van der Waals surface area (Å²) >= 11 is 0. The molecule has 0 atom stereocenters. The van der Waals surface area contributed by atoms with Gasteiger partial charge in [-0.25, -0.2) is 38.7 Å². The zero-order chi connectivity index (χ0) is 42.7. The largest absolute Gasteiger partial charge is 0.474 e. The minimum Gasteiger partial charge on any atom is -0.474 e. The summed E-state index contributed by atoms with van der Waals surface area (Å²) in [5, 5.41) is 10.9. The van der Waals surface area contributed by atoms with Crippen LogP contribution in [-0.2, 0) is 9.59 Å². The Hall–Kier alpha value is -7.64. The van der Waals surface area contributed by atoms with Gasteiger partial charge in [0.2, 0.25) is 47.4 Å². The van der Waals surface area contributed by atoms with Gasteiger partial charge in [-0.05, 0) is 42.5 Å². The molecule has 0 spiro atoms. The molecule has 6 heterocycles. The summed E-state index contributed by atoms with van der Waals surface area (Å²) in [7, 11) is 0. The zero-order valence-corrected chi connectivity index (χ0v) is 33.3. The second-order valence-electron chi connectivity index (χ2n) is 14.4. The van der Waals surface area contributed by atoms with Gasteiger partial charge in [0.15, 0.2) is 5.82 Å². The standard InChI is InChI=1S/C42H42F2N14O4/c43-30-11-10-27(51-39-47-25-49-41(55-39)57-20-14-28(15-21-57)61-36-8-1-3-18-45-36)24-33(30)53-35(60)13-12-34(59)52-31-6-5-7-32(38(31)44)54-40-48-26-50-42(56-40)58-22-16-29(17-23-58)62-37-9-2-4-19-46-37/h1-11,18-19,24-26,28-29H,12-17,20-23H2,(H,52,59)(H,53,60)(H,47,49,51,55)(H,48,50,54,56). The highest BCUT2D eigenvalue weighted by molar-refractivity contribution is 5.97. The van der Waals surface area contributed by atoms with E-state index < -0.39 is 23.4 Å². The molecule has 4 aromatic heterocycles. The van der Waals surface area contributed by atoms with Crippen molar-refractivity contribution >= 4 is 58.4 Å². The maximum absolute atomic E-state index is 15.6. The lowest BCUT2D eigenvalue weighted by Gasteiger charge is -2.31. The van der Waals surface area contributed by atoms with Crippen molar-refractivity contribution in [1.82, 2.24) is 39.9 Å². The van der Waals surface area contributed by atoms with Gasteiger partial charge in [-0.3, -0.25) is 9.59 Å². The van der Waals surface area contributed by atoms with Crippen molar-refractivity contribution < 1.29 is 27.8 Å². The van der Waals surface area contributed by atoms with Gasteiger partial charge in [0.25, 0.3) is 0 Å². The van der Waals surface area contributed by atoms with Crippen molar-refractivity contribution in [3.05, 3.63) is 109 Å². The molecule has 318 valence electrons. The van der Waals surface area contributed by atoms with Gasteiger partial charge in [0, 0.05) is 94.9 Å². The van der Waals surface area contributed by atoms with Crippen LogP contribution >= 0.6 is 0 Å². The number of ether oxygens (including phenoxy) is 2. The van der Waals surface area contributed by atoms with Crippen LogP contribution in [0.4, 0.5) is 55.3 Å². The van der Waals surface area contributed by atoms with Crippen molar-refractivity contribution in [2.24, 2.45) is 0 Å². The van der Waals surface area contributed by atoms with Gasteiger partial charge in [-0.1, -0.05) is 18.2 Å². The average molecular weight is 845 g/mol. The van der Waals surface area contributed by atoms with E-state index in [1.165, 1.54) is 43.0 Å². The number of nitrogens with one attached hydrogen (secondary N) is 4. The first-order valence-corrected chi connectivity index (χ1v) is 20.1. The fraction of sp³-hybridized carbons (Fsp3) is 0.286. The Bertz CT molecular complexity index is 2440. The Kier molecular flexibility index (Phi) is 13.0. The van der Waals surface area contributed by atoms with Gasteiger partial charge in [0.1, 0.15) is 30.7 Å². The molecule has 0 unspecified atom stereocenters. The summed E-state index contributed by atoms with van der Waals surface area (Å²) < 4.78 is 42.4. The van der Waals surface area contributed by atoms with Crippen molar-refractivity contribution in [2.45, 2.75) is 50.7 Å². The maximum Gasteiger partial charge on any atom is 0.232 e. The van der Waals surface area contributed by atoms with Crippen LogP contribution in [0.15, 0.2) is 97.8 Å². The van der Waals surface area contributed by atoms with E-state index in [4.69, 9.17) is 9.47 Å². The number of amides is 2. The lowest BCUT2D eigenvalue weighted by molar-refractivity contribution is -0.121. The number of benzene rings is 2. The maximum atomic E-state index is 15.6. The SMILES string of the molecule is O=C(CCC(=O)Nc1cccc(Nc2ncnc(N3CCC(Oc4ccccn4)CC3)n2)c1F)Nc1cc(Nc2ncnc(N3CCC(Oc4ccccn4)CC3)n2)ccc1F. The minimum atomic E-state index is -0.757. The van der Waals surface area contributed by atoms with E-state index >= 15 is 4.39 Å². The van der Waals surface area contributed by atoms with Gasteiger partial charge in [0.05, 0.1) is 17.1 Å². The summed E-state index contributed by atoms with van der Waals surface area (Å²) in [6.07, 6.45) is 8.51. The summed E-state index contributed by atoms with van der Waals surface area (Å²) in [6, 6.07) is 19.5. The number of hydrogen-bond acceptors (Lipinski definition) is 16. The molecule has 2 saturated heterocycles. The Morgan fingerprint density at radius 1 is 0.597 bits per heavy atom.